The first-order chi connectivity index (χ1) is 9.13. The second-order valence-corrected chi connectivity index (χ2v) is 5.28. The maximum absolute atomic E-state index is 14.2. The van der Waals surface area contributed by atoms with Gasteiger partial charge < -0.3 is 15.6 Å². The zero-order valence-electron chi connectivity index (χ0n) is 9.65. The zero-order valence-corrected chi connectivity index (χ0v) is 11.2. The highest BCUT2D eigenvalue weighted by molar-refractivity contribution is 9.09. The van der Waals surface area contributed by atoms with Gasteiger partial charge in [0.1, 0.15) is 11.8 Å². The maximum atomic E-state index is 14.2. The van der Waals surface area contributed by atoms with Crippen molar-refractivity contribution >= 4 is 32.9 Å². The molecule has 2 aromatic heterocycles. The lowest BCUT2D eigenvalue weighted by Gasteiger charge is -2.15. The van der Waals surface area contributed by atoms with E-state index < -0.39 is 23.3 Å². The van der Waals surface area contributed by atoms with Crippen LogP contribution in [0.25, 0.3) is 11.2 Å². The molecule has 0 amide bonds. The van der Waals surface area contributed by atoms with E-state index in [0.29, 0.717) is 11.2 Å². The summed E-state index contributed by atoms with van der Waals surface area (Å²) in [5, 5.41) is 9.13. The number of hydrogen-bond donors (Lipinski definition) is 2. The quantitative estimate of drug-likeness (QED) is 0.773. The summed E-state index contributed by atoms with van der Waals surface area (Å²) in [5.74, 6) is 0.228. The van der Waals surface area contributed by atoms with E-state index in [4.69, 9.17) is 15.6 Å². The Labute approximate surface area is 115 Å². The van der Waals surface area contributed by atoms with Crippen LogP contribution < -0.4 is 5.73 Å². The number of halogens is 2. The number of fused-ring (bicyclic) bond motifs is 1. The number of ether oxygens (including phenoxy) is 1. The average Bonchev–Trinajstić information content (AvgIpc) is 2.94. The summed E-state index contributed by atoms with van der Waals surface area (Å²) >= 11 is 3.18. The van der Waals surface area contributed by atoms with Crippen molar-refractivity contribution < 1.29 is 14.2 Å². The zero-order chi connectivity index (χ0) is 13.6. The van der Waals surface area contributed by atoms with Gasteiger partial charge in [0.25, 0.3) is 0 Å². The van der Waals surface area contributed by atoms with Gasteiger partial charge in [-0.05, 0) is 0 Å². The molecule has 0 aromatic carbocycles. The van der Waals surface area contributed by atoms with Crippen molar-refractivity contribution in [2.45, 2.75) is 23.3 Å². The lowest BCUT2D eigenvalue weighted by Crippen LogP contribution is -2.24. The van der Waals surface area contributed by atoms with Crippen molar-refractivity contribution in [1.29, 1.82) is 0 Å². The van der Waals surface area contributed by atoms with Crippen LogP contribution in [0.15, 0.2) is 12.7 Å². The fourth-order valence-electron chi connectivity index (χ4n) is 2.11. The van der Waals surface area contributed by atoms with Crippen molar-refractivity contribution in [3.05, 3.63) is 12.7 Å². The van der Waals surface area contributed by atoms with Gasteiger partial charge in [0.05, 0.1) is 23.9 Å². The number of hydrogen-bond acceptors (Lipinski definition) is 6. The first-order valence-corrected chi connectivity index (χ1v) is 6.52. The molecule has 7 nitrogen and oxygen atoms in total. The average molecular weight is 332 g/mol. The number of rotatable bonds is 2. The number of aliphatic hydroxyl groups is 1. The topological polar surface area (TPSA) is 99.1 Å². The monoisotopic (exact) mass is 331 g/mol. The Morgan fingerprint density at radius 1 is 1.47 bits per heavy atom. The van der Waals surface area contributed by atoms with Gasteiger partial charge in [-0.2, -0.15) is 0 Å². The van der Waals surface area contributed by atoms with Crippen molar-refractivity contribution in [2.75, 3.05) is 12.3 Å². The molecule has 0 aliphatic carbocycles. The molecule has 3 rings (SSSR count). The van der Waals surface area contributed by atoms with Crippen LogP contribution in [-0.4, -0.2) is 48.3 Å². The van der Waals surface area contributed by atoms with E-state index in [1.165, 1.54) is 17.2 Å². The van der Waals surface area contributed by atoms with Gasteiger partial charge >= 0.3 is 0 Å². The SMILES string of the molecule is Nc1ncnc2c1ncn2C1OC(CO)C(Br)C1F. The number of imidazole rings is 1. The normalized spacial score (nSPS) is 31.1. The Morgan fingerprint density at radius 3 is 2.95 bits per heavy atom. The molecule has 0 spiro atoms. The fourth-order valence-corrected chi connectivity index (χ4v) is 2.66. The van der Waals surface area contributed by atoms with Gasteiger partial charge in [-0.25, -0.2) is 19.3 Å². The van der Waals surface area contributed by atoms with Gasteiger partial charge in [0.15, 0.2) is 23.9 Å². The van der Waals surface area contributed by atoms with Crippen molar-refractivity contribution in [1.82, 2.24) is 19.5 Å². The molecular weight excluding hydrogens is 321 g/mol. The molecule has 9 heteroatoms. The Hall–Kier alpha value is -1.32. The van der Waals surface area contributed by atoms with Gasteiger partial charge in [0, 0.05) is 0 Å². The van der Waals surface area contributed by atoms with Crippen molar-refractivity contribution in [2.24, 2.45) is 0 Å². The highest BCUT2D eigenvalue weighted by atomic mass is 79.9. The molecule has 0 saturated carbocycles. The number of alkyl halides is 2. The van der Waals surface area contributed by atoms with E-state index in [2.05, 4.69) is 30.9 Å². The molecule has 19 heavy (non-hydrogen) atoms. The molecule has 4 atom stereocenters. The summed E-state index contributed by atoms with van der Waals surface area (Å²) < 4.78 is 21.1. The standard InChI is InChI=1S/C10H11BrFN5O2/c11-5-4(1-18)19-10(6(5)12)17-3-16-7-8(13)14-2-15-9(7)17/h2-6,10,18H,1H2,(H2,13,14,15). The second-order valence-electron chi connectivity index (χ2n) is 4.22. The minimum absolute atomic E-state index is 0.228. The van der Waals surface area contributed by atoms with Gasteiger partial charge in [-0.1, -0.05) is 15.9 Å². The van der Waals surface area contributed by atoms with Crippen LogP contribution >= 0.6 is 15.9 Å². The van der Waals surface area contributed by atoms with Crippen LogP contribution in [0.4, 0.5) is 10.2 Å². The molecular formula is C10H11BrFN5O2. The number of anilines is 1. The minimum Gasteiger partial charge on any atom is -0.394 e. The third kappa shape index (κ3) is 1.88. The minimum atomic E-state index is -1.33. The van der Waals surface area contributed by atoms with E-state index >= 15 is 0 Å². The summed E-state index contributed by atoms with van der Waals surface area (Å²) in [7, 11) is 0. The molecule has 1 fully saturated rings. The van der Waals surface area contributed by atoms with E-state index in [1.54, 1.807) is 0 Å². The van der Waals surface area contributed by atoms with Crippen LogP contribution in [-0.2, 0) is 4.74 Å². The van der Waals surface area contributed by atoms with Crippen LogP contribution in [0.2, 0.25) is 0 Å². The molecule has 0 radical (unpaired) electrons. The third-order valence-electron chi connectivity index (χ3n) is 3.09. The van der Waals surface area contributed by atoms with E-state index in [1.807, 2.05) is 0 Å². The van der Waals surface area contributed by atoms with Crippen LogP contribution in [0.3, 0.4) is 0 Å². The second kappa shape index (κ2) is 4.66. The third-order valence-corrected chi connectivity index (χ3v) is 4.18. The summed E-state index contributed by atoms with van der Waals surface area (Å²) in [6.45, 7) is -0.267. The lowest BCUT2D eigenvalue weighted by atomic mass is 10.2. The van der Waals surface area contributed by atoms with Gasteiger partial charge in [-0.3, -0.25) is 4.57 Å². The highest BCUT2D eigenvalue weighted by Gasteiger charge is 2.44. The molecule has 0 bridgehead atoms. The first kappa shape index (κ1) is 12.7. The van der Waals surface area contributed by atoms with Gasteiger partial charge in [0.2, 0.25) is 0 Å². The molecule has 102 valence electrons. The summed E-state index contributed by atoms with van der Waals surface area (Å²) in [6, 6.07) is 0. The Kier molecular flexibility index (Phi) is 3.11. The summed E-state index contributed by atoms with van der Waals surface area (Å²) in [6.07, 6.45) is -0.150. The van der Waals surface area contributed by atoms with E-state index in [9.17, 15) is 4.39 Å². The number of nitrogen functional groups attached to an aromatic ring is 1. The lowest BCUT2D eigenvalue weighted by molar-refractivity contribution is -0.0347. The maximum Gasteiger partial charge on any atom is 0.169 e. The number of nitrogens with zero attached hydrogens (tertiary/aromatic N) is 4. The van der Waals surface area contributed by atoms with E-state index in [-0.39, 0.29) is 12.4 Å². The first-order valence-electron chi connectivity index (χ1n) is 5.61. The largest absolute Gasteiger partial charge is 0.394 e. The number of aromatic nitrogens is 4. The summed E-state index contributed by atoms with van der Waals surface area (Å²) in [4.78, 5) is 11.3. The molecule has 1 aliphatic heterocycles. The predicted molar refractivity (Wildman–Crippen MR) is 68.3 cm³/mol. The molecule has 3 N–H and O–H groups in total. The van der Waals surface area contributed by atoms with Crippen LogP contribution in [0.1, 0.15) is 6.23 Å². The molecule has 1 saturated heterocycles. The van der Waals surface area contributed by atoms with Crippen LogP contribution in [0.5, 0.6) is 0 Å². The molecule has 4 unspecified atom stereocenters. The predicted octanol–water partition coefficient (Wildman–Crippen LogP) is 0.400. The van der Waals surface area contributed by atoms with E-state index in [0.717, 1.165) is 0 Å². The number of nitrogens with two attached hydrogens (primary N) is 1. The van der Waals surface area contributed by atoms with Crippen molar-refractivity contribution in [3.63, 3.8) is 0 Å². The highest BCUT2D eigenvalue weighted by Crippen LogP contribution is 2.37. The van der Waals surface area contributed by atoms with Crippen LogP contribution in [0, 0.1) is 0 Å². The fraction of sp³-hybridized carbons (Fsp3) is 0.500. The van der Waals surface area contributed by atoms with Crippen molar-refractivity contribution in [3.8, 4) is 0 Å². The molecule has 2 aromatic rings. The Morgan fingerprint density at radius 2 is 2.26 bits per heavy atom. The molecule has 1 aliphatic rings. The summed E-state index contributed by atoms with van der Waals surface area (Å²) in [5.41, 5.74) is 6.47. The van der Waals surface area contributed by atoms with Gasteiger partial charge in [-0.15, -0.1) is 0 Å². The smallest absolute Gasteiger partial charge is 0.169 e. The Bertz CT molecular complexity index is 609. The number of aliphatic hydroxyl groups excluding tert-OH is 1. The Balaban J connectivity index is 2.04. The molecule has 3 heterocycles.